The number of nitrogens with one attached hydrogen (secondary N) is 1. The first kappa shape index (κ1) is 17.5. The van der Waals surface area contributed by atoms with Crippen LogP contribution in [0.25, 0.3) is 10.9 Å². The normalized spacial score (nSPS) is 19.5. The van der Waals surface area contributed by atoms with Crippen molar-refractivity contribution in [3.8, 4) is 5.75 Å². The third-order valence-corrected chi connectivity index (χ3v) is 4.65. The summed E-state index contributed by atoms with van der Waals surface area (Å²) in [7, 11) is 0. The molecule has 3 aromatic rings. The maximum atomic E-state index is 12.4. The molecule has 0 radical (unpaired) electrons. The van der Waals surface area contributed by atoms with Gasteiger partial charge in [0.1, 0.15) is 17.4 Å². The fourth-order valence-corrected chi connectivity index (χ4v) is 3.01. The Hall–Kier alpha value is -2.96. The van der Waals surface area contributed by atoms with Crippen molar-refractivity contribution in [2.75, 3.05) is 5.32 Å². The van der Waals surface area contributed by atoms with Crippen LogP contribution < -0.4 is 10.1 Å². The third-order valence-electron chi connectivity index (χ3n) is 4.65. The SMILES string of the molecule is CC(C)(C)c1nnc(NC(=O)[C@H]2C[C@H](Oc3cccc4cccnc34)C2)o1. The van der Waals surface area contributed by atoms with Gasteiger partial charge in [-0.1, -0.05) is 44.1 Å². The lowest BCUT2D eigenvalue weighted by Gasteiger charge is -2.34. The zero-order valence-corrected chi connectivity index (χ0v) is 15.6. The van der Waals surface area contributed by atoms with Crippen molar-refractivity contribution in [3.63, 3.8) is 0 Å². The molecule has 4 rings (SSSR count). The van der Waals surface area contributed by atoms with Gasteiger partial charge in [-0.15, -0.1) is 5.10 Å². The lowest BCUT2D eigenvalue weighted by molar-refractivity contribution is -0.125. The van der Waals surface area contributed by atoms with Crippen LogP contribution in [0.4, 0.5) is 6.01 Å². The number of anilines is 1. The Balaban J connectivity index is 1.34. The molecule has 0 unspecified atom stereocenters. The van der Waals surface area contributed by atoms with Crippen LogP contribution in [0.5, 0.6) is 5.75 Å². The first-order chi connectivity index (χ1) is 12.9. The summed E-state index contributed by atoms with van der Waals surface area (Å²) in [4.78, 5) is 16.7. The number of hydrogen-bond acceptors (Lipinski definition) is 6. The molecule has 0 bridgehead atoms. The van der Waals surface area contributed by atoms with Crippen LogP contribution in [-0.4, -0.2) is 27.2 Å². The lowest BCUT2D eigenvalue weighted by Crippen LogP contribution is -2.40. The summed E-state index contributed by atoms with van der Waals surface area (Å²) in [6.07, 6.45) is 3.05. The highest BCUT2D eigenvalue weighted by atomic mass is 16.5. The number of hydrogen-bond donors (Lipinski definition) is 1. The van der Waals surface area contributed by atoms with Crippen molar-refractivity contribution in [3.05, 3.63) is 42.4 Å². The Labute approximate surface area is 157 Å². The van der Waals surface area contributed by atoms with Crippen LogP contribution in [0.3, 0.4) is 0 Å². The van der Waals surface area contributed by atoms with E-state index in [4.69, 9.17) is 9.15 Å². The molecule has 2 heterocycles. The van der Waals surface area contributed by atoms with Crippen molar-refractivity contribution in [1.82, 2.24) is 15.2 Å². The van der Waals surface area contributed by atoms with Gasteiger partial charge in [-0.2, -0.15) is 0 Å². The van der Waals surface area contributed by atoms with Crippen molar-refractivity contribution in [2.45, 2.75) is 45.1 Å². The van der Waals surface area contributed by atoms with Gasteiger partial charge < -0.3 is 9.15 Å². The second-order valence-corrected chi connectivity index (χ2v) is 7.89. The van der Waals surface area contributed by atoms with E-state index in [-0.39, 0.29) is 29.4 Å². The highest BCUT2D eigenvalue weighted by Gasteiger charge is 2.37. The van der Waals surface area contributed by atoms with E-state index in [9.17, 15) is 4.79 Å². The molecule has 7 heteroatoms. The summed E-state index contributed by atoms with van der Waals surface area (Å²) in [5, 5.41) is 11.6. The minimum Gasteiger partial charge on any atom is -0.488 e. The number of pyridine rings is 1. The van der Waals surface area contributed by atoms with Gasteiger partial charge in [-0.3, -0.25) is 15.1 Å². The molecule has 0 spiro atoms. The summed E-state index contributed by atoms with van der Waals surface area (Å²) < 4.78 is 11.6. The Morgan fingerprint density at radius 3 is 2.70 bits per heavy atom. The number of aromatic nitrogens is 3. The average molecular weight is 366 g/mol. The molecule has 1 fully saturated rings. The van der Waals surface area contributed by atoms with Crippen molar-refractivity contribution < 1.29 is 13.9 Å². The Kier molecular flexibility index (Phi) is 4.30. The fourth-order valence-electron chi connectivity index (χ4n) is 3.01. The first-order valence-electron chi connectivity index (χ1n) is 9.05. The molecule has 140 valence electrons. The van der Waals surface area contributed by atoms with Crippen LogP contribution in [0.2, 0.25) is 0 Å². The predicted molar refractivity (Wildman–Crippen MR) is 101 cm³/mol. The topological polar surface area (TPSA) is 90.1 Å². The molecule has 27 heavy (non-hydrogen) atoms. The molecule has 1 aliphatic rings. The van der Waals surface area contributed by atoms with Gasteiger partial charge in [0, 0.05) is 22.9 Å². The summed E-state index contributed by atoms with van der Waals surface area (Å²) in [5.41, 5.74) is 0.589. The number of carbonyl (C=O) groups is 1. The molecule has 7 nitrogen and oxygen atoms in total. The van der Waals surface area contributed by atoms with E-state index in [0.717, 1.165) is 16.7 Å². The van der Waals surface area contributed by atoms with E-state index in [1.807, 2.05) is 51.1 Å². The molecule has 1 amide bonds. The van der Waals surface area contributed by atoms with Crippen molar-refractivity contribution in [2.24, 2.45) is 5.92 Å². The number of benzene rings is 1. The van der Waals surface area contributed by atoms with E-state index in [1.165, 1.54) is 0 Å². The summed E-state index contributed by atoms with van der Waals surface area (Å²) in [6, 6.07) is 9.91. The average Bonchev–Trinajstić information content (AvgIpc) is 3.06. The van der Waals surface area contributed by atoms with Crippen molar-refractivity contribution in [1.29, 1.82) is 0 Å². The number of para-hydroxylation sites is 1. The van der Waals surface area contributed by atoms with E-state index >= 15 is 0 Å². The molecule has 1 aliphatic carbocycles. The van der Waals surface area contributed by atoms with Gasteiger partial charge in [0.15, 0.2) is 0 Å². The third kappa shape index (κ3) is 3.63. The first-order valence-corrected chi connectivity index (χ1v) is 9.05. The number of nitrogens with zero attached hydrogens (tertiary/aromatic N) is 3. The monoisotopic (exact) mass is 366 g/mol. The standard InChI is InChI=1S/C20H22N4O3/c1-20(2,3)18-23-24-19(27-18)22-17(25)13-10-14(11-13)26-15-8-4-6-12-7-5-9-21-16(12)15/h4-9,13-14H,10-11H2,1-3H3,(H,22,24,25)/t13-,14-. The second kappa shape index (κ2) is 6.64. The Morgan fingerprint density at radius 1 is 1.19 bits per heavy atom. The fraction of sp³-hybridized carbons (Fsp3) is 0.400. The number of ether oxygens (including phenoxy) is 1. The van der Waals surface area contributed by atoms with E-state index in [2.05, 4.69) is 20.5 Å². The van der Waals surface area contributed by atoms with E-state index < -0.39 is 0 Å². The number of fused-ring (bicyclic) bond motifs is 1. The molecule has 0 atom stereocenters. The van der Waals surface area contributed by atoms with Gasteiger partial charge in [0.25, 0.3) is 0 Å². The van der Waals surface area contributed by atoms with Gasteiger partial charge in [-0.25, -0.2) is 0 Å². The van der Waals surface area contributed by atoms with Crippen LogP contribution in [-0.2, 0) is 10.2 Å². The molecule has 0 saturated heterocycles. The smallest absolute Gasteiger partial charge is 0.322 e. The highest BCUT2D eigenvalue weighted by Crippen LogP contribution is 2.34. The number of rotatable bonds is 4. The van der Waals surface area contributed by atoms with E-state index in [1.54, 1.807) is 6.20 Å². The van der Waals surface area contributed by atoms with Gasteiger partial charge in [0.05, 0.1) is 0 Å². The minimum absolute atomic E-state index is 0.00109. The summed E-state index contributed by atoms with van der Waals surface area (Å²) in [6.45, 7) is 5.92. The molecule has 0 aliphatic heterocycles. The lowest BCUT2D eigenvalue weighted by atomic mass is 9.81. The zero-order valence-electron chi connectivity index (χ0n) is 15.6. The quantitative estimate of drug-likeness (QED) is 0.757. The Morgan fingerprint density at radius 2 is 1.96 bits per heavy atom. The highest BCUT2D eigenvalue weighted by molar-refractivity contribution is 5.91. The van der Waals surface area contributed by atoms with Crippen LogP contribution in [0, 0.1) is 5.92 Å². The minimum atomic E-state index is -0.252. The van der Waals surface area contributed by atoms with Crippen LogP contribution in [0.1, 0.15) is 39.5 Å². The number of amides is 1. The zero-order chi connectivity index (χ0) is 19.0. The molecule has 1 aromatic carbocycles. The molecular weight excluding hydrogens is 344 g/mol. The largest absolute Gasteiger partial charge is 0.488 e. The maximum absolute atomic E-state index is 12.4. The second-order valence-electron chi connectivity index (χ2n) is 7.89. The van der Waals surface area contributed by atoms with Crippen LogP contribution >= 0.6 is 0 Å². The summed E-state index contributed by atoms with van der Waals surface area (Å²) >= 11 is 0. The molecule has 2 aromatic heterocycles. The van der Waals surface area contributed by atoms with Crippen molar-refractivity contribution >= 4 is 22.8 Å². The Bertz CT molecular complexity index is 965. The van der Waals surface area contributed by atoms with E-state index in [0.29, 0.717) is 18.7 Å². The van der Waals surface area contributed by atoms with Crippen LogP contribution in [0.15, 0.2) is 40.9 Å². The maximum Gasteiger partial charge on any atom is 0.322 e. The van der Waals surface area contributed by atoms with Gasteiger partial charge in [0.2, 0.25) is 11.8 Å². The van der Waals surface area contributed by atoms with Gasteiger partial charge in [-0.05, 0) is 25.0 Å². The molecule has 1 N–H and O–H groups in total. The molecule has 1 saturated carbocycles. The predicted octanol–water partition coefficient (Wildman–Crippen LogP) is 3.71. The molecular formula is C20H22N4O3. The van der Waals surface area contributed by atoms with Gasteiger partial charge >= 0.3 is 6.01 Å². The number of carbonyl (C=O) groups excluding carboxylic acids is 1. The summed E-state index contributed by atoms with van der Waals surface area (Å²) in [5.74, 6) is 1.01.